The Labute approximate surface area is 193 Å². The number of nitriles is 1. The topological polar surface area (TPSA) is 82.7 Å². The van der Waals surface area contributed by atoms with E-state index in [0.717, 1.165) is 32.1 Å². The largest absolute Gasteiger partial charge is 0.420 e. The van der Waals surface area contributed by atoms with E-state index in [9.17, 15) is 18.4 Å². The molecule has 11 heteroatoms. The van der Waals surface area contributed by atoms with E-state index in [1.165, 1.54) is 12.5 Å². The van der Waals surface area contributed by atoms with Gasteiger partial charge in [0.2, 0.25) is 5.95 Å². The number of aromatic nitrogens is 4. The Morgan fingerprint density at radius 3 is 2.64 bits per heavy atom. The number of imidazole rings is 1. The number of rotatable bonds is 5. The van der Waals surface area contributed by atoms with Crippen LogP contribution in [0.4, 0.5) is 19.1 Å². The number of halogens is 3. The predicted octanol–water partition coefficient (Wildman–Crippen LogP) is 4.68. The summed E-state index contributed by atoms with van der Waals surface area (Å²) in [6.45, 7) is 3.56. The summed E-state index contributed by atoms with van der Waals surface area (Å²) in [5.41, 5.74) is 0.704. The summed E-state index contributed by atoms with van der Waals surface area (Å²) in [6.07, 6.45) is 2.82. The van der Waals surface area contributed by atoms with Crippen LogP contribution in [0.3, 0.4) is 0 Å². The van der Waals surface area contributed by atoms with Gasteiger partial charge in [-0.05, 0) is 43.7 Å². The van der Waals surface area contributed by atoms with Gasteiger partial charge in [0.15, 0.2) is 0 Å². The summed E-state index contributed by atoms with van der Waals surface area (Å²) < 4.78 is 45.0. The maximum absolute atomic E-state index is 13.7. The molecule has 1 N–H and O–H groups in total. The number of piperidine rings is 1. The molecule has 172 valence electrons. The summed E-state index contributed by atoms with van der Waals surface area (Å²) in [6, 6.07) is 7.38. The molecule has 0 atom stereocenters. The van der Waals surface area contributed by atoms with Crippen molar-refractivity contribution in [3.63, 3.8) is 0 Å². The zero-order chi connectivity index (χ0) is 23.6. The first kappa shape index (κ1) is 23.1. The lowest BCUT2D eigenvalue weighted by Gasteiger charge is -2.30. The normalized spacial score (nSPS) is 15.4. The van der Waals surface area contributed by atoms with Crippen LogP contribution in [0.25, 0.3) is 17.1 Å². The van der Waals surface area contributed by atoms with E-state index in [2.05, 4.69) is 30.6 Å². The molecule has 1 aliphatic heterocycles. The van der Waals surface area contributed by atoms with Gasteiger partial charge >= 0.3 is 6.18 Å². The highest BCUT2D eigenvalue weighted by molar-refractivity contribution is 7.96. The number of anilines is 1. The smallest absolute Gasteiger partial charge is 0.351 e. The zero-order valence-corrected chi connectivity index (χ0v) is 18.9. The molecule has 1 fully saturated rings. The molecule has 7 nitrogen and oxygen atoms in total. The lowest BCUT2D eigenvalue weighted by Crippen LogP contribution is -2.35. The van der Waals surface area contributed by atoms with Crippen molar-refractivity contribution in [1.82, 2.24) is 23.8 Å². The molecule has 2 aromatic heterocycles. The second kappa shape index (κ2) is 9.41. The second-order valence-electron chi connectivity index (χ2n) is 7.71. The highest BCUT2D eigenvalue weighted by Crippen LogP contribution is 2.36. The van der Waals surface area contributed by atoms with Gasteiger partial charge in [-0.2, -0.15) is 18.4 Å². The second-order valence-corrected chi connectivity index (χ2v) is 8.59. The van der Waals surface area contributed by atoms with E-state index in [0.29, 0.717) is 16.8 Å². The van der Waals surface area contributed by atoms with Crippen molar-refractivity contribution in [2.24, 2.45) is 0 Å². The molecule has 1 aromatic carbocycles. The van der Waals surface area contributed by atoms with Crippen molar-refractivity contribution in [3.8, 4) is 23.1 Å². The molecule has 3 aromatic rings. The number of nitrogens with zero attached hydrogens (tertiary/aromatic N) is 6. The third-order valence-corrected chi connectivity index (χ3v) is 6.55. The molecule has 0 spiro atoms. The van der Waals surface area contributed by atoms with Crippen LogP contribution in [0.2, 0.25) is 0 Å². The van der Waals surface area contributed by atoms with Gasteiger partial charge in [-0.15, -0.1) is 0 Å². The molecule has 0 aliphatic carbocycles. The Kier molecular flexibility index (Phi) is 6.58. The van der Waals surface area contributed by atoms with Crippen molar-refractivity contribution in [3.05, 3.63) is 53.6 Å². The van der Waals surface area contributed by atoms with Gasteiger partial charge in [0.25, 0.3) is 0 Å². The lowest BCUT2D eigenvalue weighted by molar-refractivity contribution is -0.137. The SMILES string of the molecule is CSN1CCC(Nc2ncc(C(F)(F)F)c(-c3cn(-c4cccc(C#N)c4C)cn3)n2)CC1. The van der Waals surface area contributed by atoms with Crippen LogP contribution in [0.5, 0.6) is 0 Å². The van der Waals surface area contributed by atoms with Crippen LogP contribution in [0, 0.1) is 18.3 Å². The summed E-state index contributed by atoms with van der Waals surface area (Å²) in [5, 5.41) is 12.4. The van der Waals surface area contributed by atoms with E-state index in [1.807, 2.05) is 6.26 Å². The molecule has 0 radical (unpaired) electrons. The van der Waals surface area contributed by atoms with Crippen LogP contribution in [-0.2, 0) is 6.18 Å². The number of hydrogen-bond acceptors (Lipinski definition) is 7. The summed E-state index contributed by atoms with van der Waals surface area (Å²) in [4.78, 5) is 12.3. The average Bonchev–Trinajstić information content (AvgIpc) is 3.29. The number of nitrogens with one attached hydrogen (secondary N) is 1. The van der Waals surface area contributed by atoms with Crippen molar-refractivity contribution in [2.75, 3.05) is 24.7 Å². The van der Waals surface area contributed by atoms with Gasteiger partial charge in [-0.25, -0.2) is 15.0 Å². The third kappa shape index (κ3) is 4.96. The Balaban J connectivity index is 1.67. The molecule has 0 bridgehead atoms. The summed E-state index contributed by atoms with van der Waals surface area (Å²) >= 11 is 1.68. The Morgan fingerprint density at radius 1 is 1.21 bits per heavy atom. The molecular formula is C22H22F3N7S. The van der Waals surface area contributed by atoms with Crippen molar-refractivity contribution in [1.29, 1.82) is 5.26 Å². The minimum atomic E-state index is -4.63. The Morgan fingerprint density at radius 2 is 1.97 bits per heavy atom. The Hall–Kier alpha value is -3.10. The van der Waals surface area contributed by atoms with Crippen LogP contribution in [0.15, 0.2) is 36.9 Å². The van der Waals surface area contributed by atoms with Gasteiger partial charge in [0.05, 0.1) is 23.6 Å². The maximum Gasteiger partial charge on any atom is 0.420 e. The predicted molar refractivity (Wildman–Crippen MR) is 121 cm³/mol. The first-order valence-electron chi connectivity index (χ1n) is 10.3. The maximum atomic E-state index is 13.7. The van der Waals surface area contributed by atoms with Crippen molar-refractivity contribution < 1.29 is 13.2 Å². The van der Waals surface area contributed by atoms with Gasteiger partial charge in [0.1, 0.15) is 17.0 Å². The van der Waals surface area contributed by atoms with Gasteiger partial charge in [-0.1, -0.05) is 18.0 Å². The minimum absolute atomic E-state index is 0.0757. The summed E-state index contributed by atoms with van der Waals surface area (Å²) in [5.74, 6) is 0.151. The van der Waals surface area contributed by atoms with E-state index in [4.69, 9.17) is 0 Å². The van der Waals surface area contributed by atoms with Gasteiger partial charge < -0.3 is 9.88 Å². The van der Waals surface area contributed by atoms with Gasteiger partial charge in [-0.3, -0.25) is 4.31 Å². The highest BCUT2D eigenvalue weighted by Gasteiger charge is 2.36. The monoisotopic (exact) mass is 473 g/mol. The average molecular weight is 474 g/mol. The fourth-order valence-electron chi connectivity index (χ4n) is 3.82. The Bertz CT molecular complexity index is 1180. The fraction of sp³-hybridized carbons (Fsp3) is 0.364. The quantitative estimate of drug-likeness (QED) is 0.539. The van der Waals surface area contributed by atoms with Crippen LogP contribution in [0.1, 0.15) is 29.5 Å². The van der Waals surface area contributed by atoms with Gasteiger partial charge in [0, 0.05) is 31.5 Å². The number of benzene rings is 1. The van der Waals surface area contributed by atoms with E-state index in [-0.39, 0.29) is 23.4 Å². The number of hydrogen-bond donors (Lipinski definition) is 1. The van der Waals surface area contributed by atoms with Crippen molar-refractivity contribution >= 4 is 17.9 Å². The van der Waals surface area contributed by atoms with Crippen molar-refractivity contribution in [2.45, 2.75) is 32.0 Å². The third-order valence-electron chi connectivity index (χ3n) is 5.67. The van der Waals surface area contributed by atoms with E-state index >= 15 is 0 Å². The molecule has 1 aliphatic rings. The molecule has 33 heavy (non-hydrogen) atoms. The number of alkyl halides is 3. The molecule has 0 amide bonds. The molecular weight excluding hydrogens is 451 g/mol. The van der Waals surface area contributed by atoms with Crippen LogP contribution < -0.4 is 5.32 Å². The molecule has 0 saturated carbocycles. The lowest BCUT2D eigenvalue weighted by atomic mass is 10.1. The standard InChI is InChI=1S/C22H22F3N7S/c1-14-15(10-26)4-3-5-19(14)31-12-18(28-13-31)20-17(22(23,24)25)11-27-21(30-20)29-16-6-8-32(33-2)9-7-16/h3-5,11-13,16H,6-9H2,1-2H3,(H,27,29,30). The zero-order valence-electron chi connectivity index (χ0n) is 18.1. The highest BCUT2D eigenvalue weighted by atomic mass is 32.2. The molecule has 0 unspecified atom stereocenters. The molecule has 4 rings (SSSR count). The van der Waals surface area contributed by atoms with E-state index < -0.39 is 11.7 Å². The fourth-order valence-corrected chi connectivity index (χ4v) is 4.40. The summed E-state index contributed by atoms with van der Waals surface area (Å²) in [7, 11) is 0. The molecule has 1 saturated heterocycles. The van der Waals surface area contributed by atoms with E-state index in [1.54, 1.807) is 41.6 Å². The van der Waals surface area contributed by atoms with Crippen LogP contribution >= 0.6 is 11.9 Å². The first-order valence-corrected chi connectivity index (χ1v) is 11.5. The molecule has 3 heterocycles. The van der Waals surface area contributed by atoms with Crippen LogP contribution in [-0.4, -0.2) is 49.2 Å². The minimum Gasteiger partial charge on any atom is -0.351 e. The first-order chi connectivity index (χ1) is 15.8.